The van der Waals surface area contributed by atoms with Crippen LogP contribution in [0.15, 0.2) is 24.3 Å². The molecule has 2 amide bonds. The van der Waals surface area contributed by atoms with Crippen molar-refractivity contribution >= 4 is 17.5 Å². The van der Waals surface area contributed by atoms with E-state index in [0.29, 0.717) is 5.69 Å². The molecular weight excluding hydrogens is 256 g/mol. The molecule has 0 saturated carbocycles. The highest BCUT2D eigenvalue weighted by molar-refractivity contribution is 5.94. The maximum atomic E-state index is 12.0. The van der Waals surface area contributed by atoms with Crippen LogP contribution in [0.1, 0.15) is 27.7 Å². The second kappa shape index (κ2) is 6.41. The molecule has 0 unspecified atom stereocenters. The first-order chi connectivity index (χ1) is 9.24. The molecule has 0 bridgehead atoms. The first kappa shape index (κ1) is 16.0. The predicted molar refractivity (Wildman–Crippen MR) is 78.8 cm³/mol. The molecule has 5 heteroatoms. The number of nitrogens with zero attached hydrogens (tertiary/aromatic N) is 1. The van der Waals surface area contributed by atoms with Crippen LogP contribution >= 0.6 is 0 Å². The highest BCUT2D eigenvalue weighted by atomic mass is 16.5. The van der Waals surface area contributed by atoms with Gasteiger partial charge in [0.15, 0.2) is 0 Å². The number of rotatable bonds is 4. The van der Waals surface area contributed by atoms with Gasteiger partial charge in [-0.05, 0) is 45.0 Å². The quantitative estimate of drug-likeness (QED) is 0.919. The summed E-state index contributed by atoms with van der Waals surface area (Å²) in [6.07, 6.45) is 0. The van der Waals surface area contributed by atoms with Crippen molar-refractivity contribution < 1.29 is 14.3 Å². The maximum absolute atomic E-state index is 12.0. The van der Waals surface area contributed by atoms with Crippen LogP contribution in [-0.4, -0.2) is 35.9 Å². The number of carbonyl (C=O) groups is 2. The van der Waals surface area contributed by atoms with Gasteiger partial charge >= 0.3 is 0 Å². The van der Waals surface area contributed by atoms with Gasteiger partial charge in [0.1, 0.15) is 12.3 Å². The molecular formula is C15H22N2O3. The lowest BCUT2D eigenvalue weighted by Gasteiger charge is -2.34. The molecule has 0 spiro atoms. The normalized spacial score (nSPS) is 10.8. The number of carbonyl (C=O) groups excluding carboxylic acids is 2. The Balaban J connectivity index is 2.68. The largest absolute Gasteiger partial charge is 0.497 e. The highest BCUT2D eigenvalue weighted by Crippen LogP contribution is 2.16. The zero-order valence-electron chi connectivity index (χ0n) is 12.7. The number of hydrogen-bond donors (Lipinski definition) is 1. The van der Waals surface area contributed by atoms with Gasteiger partial charge in [-0.1, -0.05) is 0 Å². The first-order valence-electron chi connectivity index (χ1n) is 6.46. The fourth-order valence-electron chi connectivity index (χ4n) is 1.84. The Morgan fingerprint density at radius 1 is 1.20 bits per heavy atom. The van der Waals surface area contributed by atoms with Gasteiger partial charge in [-0.25, -0.2) is 0 Å². The van der Waals surface area contributed by atoms with Crippen LogP contribution in [0, 0.1) is 0 Å². The van der Waals surface area contributed by atoms with E-state index in [4.69, 9.17) is 4.74 Å². The van der Waals surface area contributed by atoms with Gasteiger partial charge in [-0.15, -0.1) is 0 Å². The molecule has 1 rings (SSSR count). The molecule has 0 aliphatic rings. The summed E-state index contributed by atoms with van der Waals surface area (Å²) >= 11 is 0. The molecule has 5 nitrogen and oxygen atoms in total. The molecule has 20 heavy (non-hydrogen) atoms. The Labute approximate surface area is 119 Å². The van der Waals surface area contributed by atoms with Gasteiger partial charge in [0, 0.05) is 18.2 Å². The lowest BCUT2D eigenvalue weighted by atomic mass is 10.1. The Bertz CT molecular complexity index is 475. The van der Waals surface area contributed by atoms with Crippen LogP contribution in [0.2, 0.25) is 0 Å². The van der Waals surface area contributed by atoms with E-state index in [-0.39, 0.29) is 23.9 Å². The van der Waals surface area contributed by atoms with Crippen molar-refractivity contribution in [1.29, 1.82) is 0 Å². The van der Waals surface area contributed by atoms with E-state index >= 15 is 0 Å². The van der Waals surface area contributed by atoms with E-state index in [9.17, 15) is 9.59 Å². The Morgan fingerprint density at radius 2 is 1.75 bits per heavy atom. The molecule has 0 fully saturated rings. The van der Waals surface area contributed by atoms with Gasteiger partial charge < -0.3 is 15.0 Å². The minimum absolute atomic E-state index is 0.0326. The van der Waals surface area contributed by atoms with Crippen molar-refractivity contribution in [3.63, 3.8) is 0 Å². The Hall–Kier alpha value is -2.04. The van der Waals surface area contributed by atoms with Gasteiger partial charge in [-0.3, -0.25) is 9.59 Å². The van der Waals surface area contributed by atoms with Crippen molar-refractivity contribution in [2.24, 2.45) is 0 Å². The lowest BCUT2D eigenvalue weighted by molar-refractivity contribution is -0.137. The summed E-state index contributed by atoms with van der Waals surface area (Å²) in [5.74, 6) is 0.380. The summed E-state index contributed by atoms with van der Waals surface area (Å²) in [6.45, 7) is 7.19. The fourth-order valence-corrected chi connectivity index (χ4v) is 1.84. The Kier molecular flexibility index (Phi) is 5.13. The number of amides is 2. The number of ether oxygens (including phenoxy) is 1. The van der Waals surface area contributed by atoms with Crippen molar-refractivity contribution in [3.8, 4) is 5.75 Å². The third-order valence-corrected chi connectivity index (χ3v) is 2.87. The van der Waals surface area contributed by atoms with Crippen LogP contribution in [0.3, 0.4) is 0 Å². The van der Waals surface area contributed by atoms with Crippen molar-refractivity contribution in [3.05, 3.63) is 24.3 Å². The molecule has 0 radical (unpaired) electrons. The zero-order valence-corrected chi connectivity index (χ0v) is 12.7. The zero-order chi connectivity index (χ0) is 15.3. The lowest BCUT2D eigenvalue weighted by Crippen LogP contribution is -2.48. The van der Waals surface area contributed by atoms with Crippen molar-refractivity contribution in [2.45, 2.75) is 33.2 Å². The summed E-state index contributed by atoms with van der Waals surface area (Å²) in [5, 5.41) is 2.76. The SMILES string of the molecule is COc1ccc(NC(=O)CN(C(C)=O)C(C)(C)C)cc1. The summed E-state index contributed by atoms with van der Waals surface area (Å²) in [4.78, 5) is 25.1. The van der Waals surface area contributed by atoms with Crippen LogP contribution in [0.4, 0.5) is 5.69 Å². The summed E-state index contributed by atoms with van der Waals surface area (Å²) in [7, 11) is 1.58. The molecule has 0 heterocycles. The standard InChI is InChI=1S/C15H22N2O3/c1-11(18)17(15(2,3)4)10-14(19)16-12-6-8-13(20-5)9-7-12/h6-9H,10H2,1-5H3,(H,16,19). The summed E-state index contributed by atoms with van der Waals surface area (Å²) < 4.78 is 5.05. The smallest absolute Gasteiger partial charge is 0.244 e. The van der Waals surface area contributed by atoms with Gasteiger partial charge in [0.2, 0.25) is 11.8 Å². The van der Waals surface area contributed by atoms with Crippen LogP contribution in [0.5, 0.6) is 5.75 Å². The molecule has 0 atom stereocenters. The molecule has 0 saturated heterocycles. The fraction of sp³-hybridized carbons (Fsp3) is 0.467. The van der Waals surface area contributed by atoms with Gasteiger partial charge in [0.05, 0.1) is 7.11 Å². The van der Waals surface area contributed by atoms with Crippen LogP contribution in [-0.2, 0) is 9.59 Å². The predicted octanol–water partition coefficient (Wildman–Crippen LogP) is 2.28. The van der Waals surface area contributed by atoms with E-state index in [1.54, 1.807) is 31.4 Å². The third kappa shape index (κ3) is 4.57. The number of hydrogen-bond acceptors (Lipinski definition) is 3. The average Bonchev–Trinajstić information content (AvgIpc) is 2.35. The molecule has 1 aromatic carbocycles. The van der Waals surface area contributed by atoms with E-state index in [2.05, 4.69) is 5.32 Å². The van der Waals surface area contributed by atoms with Gasteiger partial charge in [-0.2, -0.15) is 0 Å². The first-order valence-corrected chi connectivity index (χ1v) is 6.46. The summed E-state index contributed by atoms with van der Waals surface area (Å²) in [5.41, 5.74) is 0.288. The third-order valence-electron chi connectivity index (χ3n) is 2.87. The van der Waals surface area contributed by atoms with Gasteiger partial charge in [0.25, 0.3) is 0 Å². The monoisotopic (exact) mass is 278 g/mol. The summed E-state index contributed by atoms with van der Waals surface area (Å²) in [6, 6.07) is 7.04. The molecule has 0 aliphatic carbocycles. The van der Waals surface area contributed by atoms with Crippen molar-refractivity contribution in [2.75, 3.05) is 19.0 Å². The molecule has 1 N–H and O–H groups in total. The highest BCUT2D eigenvalue weighted by Gasteiger charge is 2.25. The minimum Gasteiger partial charge on any atom is -0.497 e. The van der Waals surface area contributed by atoms with E-state index < -0.39 is 0 Å². The van der Waals surface area contributed by atoms with E-state index in [0.717, 1.165) is 5.75 Å². The van der Waals surface area contributed by atoms with Crippen LogP contribution < -0.4 is 10.1 Å². The molecule has 110 valence electrons. The average molecular weight is 278 g/mol. The number of methoxy groups -OCH3 is 1. The number of nitrogens with one attached hydrogen (secondary N) is 1. The molecule has 0 aromatic heterocycles. The second-order valence-corrected chi connectivity index (χ2v) is 5.55. The van der Waals surface area contributed by atoms with Crippen LogP contribution in [0.25, 0.3) is 0 Å². The minimum atomic E-state index is -0.386. The molecule has 0 aliphatic heterocycles. The van der Waals surface area contributed by atoms with E-state index in [1.807, 2.05) is 20.8 Å². The maximum Gasteiger partial charge on any atom is 0.244 e. The number of anilines is 1. The van der Waals surface area contributed by atoms with E-state index in [1.165, 1.54) is 11.8 Å². The molecule has 1 aromatic rings. The Morgan fingerprint density at radius 3 is 2.15 bits per heavy atom. The van der Waals surface area contributed by atoms with Crippen molar-refractivity contribution in [1.82, 2.24) is 4.90 Å². The topological polar surface area (TPSA) is 58.6 Å². The second-order valence-electron chi connectivity index (χ2n) is 5.55. The number of benzene rings is 1.